The maximum atomic E-state index is 4.17. The number of nitrogens with zero attached hydrogens (tertiary/aromatic N) is 1. The van der Waals surface area contributed by atoms with Gasteiger partial charge >= 0.3 is 0 Å². The van der Waals surface area contributed by atoms with Crippen LogP contribution in [0.4, 0.5) is 0 Å². The summed E-state index contributed by atoms with van der Waals surface area (Å²) in [6.45, 7) is 0. The van der Waals surface area contributed by atoms with Gasteiger partial charge in [0.1, 0.15) is 7.85 Å². The van der Waals surface area contributed by atoms with Crippen LogP contribution in [-0.2, 0) is 6.42 Å². The van der Waals surface area contributed by atoms with Crippen LogP contribution in [0, 0.1) is 0 Å². The number of hydrogen-bond donors (Lipinski definition) is 0. The maximum Gasteiger partial charge on any atom is 0.101 e. The highest BCUT2D eigenvalue weighted by Gasteiger charge is 1.86. The Balaban J connectivity index is 2.61. The third-order valence-corrected chi connectivity index (χ3v) is 1.23. The average molecular weight is 119 g/mol. The maximum absolute atomic E-state index is 4.17. The van der Waals surface area contributed by atoms with Crippen LogP contribution in [0.1, 0.15) is 5.69 Å². The number of aryl methyl sites for hydroxylation is 1. The quantitative estimate of drug-likeness (QED) is 0.521. The minimum atomic E-state index is 1.10. The molecule has 1 aromatic rings. The zero-order valence-electron chi connectivity index (χ0n) is 5.67. The van der Waals surface area contributed by atoms with E-state index in [0.717, 1.165) is 6.42 Å². The first-order valence-electron chi connectivity index (χ1n) is 3.33. The fourth-order valence-corrected chi connectivity index (χ4v) is 0.802. The van der Waals surface area contributed by atoms with Crippen LogP contribution in [0.3, 0.4) is 0 Å². The fraction of sp³-hybridized carbons (Fsp3) is 0.286. The largest absolute Gasteiger partial charge is 0.261 e. The molecule has 46 valence electrons. The van der Waals surface area contributed by atoms with Crippen molar-refractivity contribution in [2.75, 3.05) is 0 Å². The molecule has 0 atom stereocenters. The van der Waals surface area contributed by atoms with Crippen LogP contribution >= 0.6 is 0 Å². The summed E-state index contributed by atoms with van der Waals surface area (Å²) in [5, 5.41) is 0. The number of hydrogen-bond acceptors (Lipinski definition) is 1. The summed E-state index contributed by atoms with van der Waals surface area (Å²) in [4.78, 5) is 4.17. The molecule has 0 spiro atoms. The van der Waals surface area contributed by atoms with Crippen molar-refractivity contribution in [1.29, 1.82) is 0 Å². The predicted molar refractivity (Wildman–Crippen MR) is 41.3 cm³/mol. The summed E-state index contributed by atoms with van der Waals surface area (Å²) < 4.78 is 0. The molecule has 1 rings (SSSR count). The van der Waals surface area contributed by atoms with Crippen molar-refractivity contribution in [2.45, 2.75) is 12.7 Å². The Bertz CT molecular complexity index is 162. The van der Waals surface area contributed by atoms with E-state index in [0.29, 0.717) is 0 Å². The lowest BCUT2D eigenvalue weighted by atomic mass is 10.0. The molecule has 1 aromatic heterocycles. The molecule has 9 heavy (non-hydrogen) atoms. The van der Waals surface area contributed by atoms with Gasteiger partial charge in [-0.05, 0) is 18.6 Å². The Morgan fingerprint density at radius 2 is 2.33 bits per heavy atom. The summed E-state index contributed by atoms with van der Waals surface area (Å²) >= 11 is 0. The van der Waals surface area contributed by atoms with Gasteiger partial charge in [0.05, 0.1) is 0 Å². The van der Waals surface area contributed by atoms with Gasteiger partial charge < -0.3 is 0 Å². The molecule has 0 saturated heterocycles. The van der Waals surface area contributed by atoms with Crippen molar-refractivity contribution in [3.05, 3.63) is 30.1 Å². The van der Waals surface area contributed by atoms with E-state index < -0.39 is 0 Å². The molecule has 0 unspecified atom stereocenters. The van der Waals surface area contributed by atoms with Crippen LogP contribution in [0.2, 0.25) is 6.32 Å². The van der Waals surface area contributed by atoms with E-state index in [1.807, 2.05) is 18.3 Å². The van der Waals surface area contributed by atoms with Gasteiger partial charge in [-0.15, -0.1) is 0 Å². The number of rotatable bonds is 2. The first kappa shape index (κ1) is 6.34. The molecular weight excluding hydrogens is 109 g/mol. The van der Waals surface area contributed by atoms with Crippen molar-refractivity contribution in [1.82, 2.24) is 4.98 Å². The van der Waals surface area contributed by atoms with E-state index in [1.54, 1.807) is 0 Å². The lowest BCUT2D eigenvalue weighted by molar-refractivity contribution is 1.03. The molecule has 0 aliphatic rings. The van der Waals surface area contributed by atoms with Crippen LogP contribution in [-0.4, -0.2) is 12.8 Å². The van der Waals surface area contributed by atoms with Crippen molar-refractivity contribution in [2.24, 2.45) is 0 Å². The number of aromatic nitrogens is 1. The monoisotopic (exact) mass is 119 g/mol. The molecule has 0 amide bonds. The molecular formula is C7H10BN. The Kier molecular flexibility index (Phi) is 2.31. The minimum Gasteiger partial charge on any atom is -0.261 e. The van der Waals surface area contributed by atoms with E-state index in [4.69, 9.17) is 0 Å². The van der Waals surface area contributed by atoms with Gasteiger partial charge in [-0.2, -0.15) is 0 Å². The zero-order valence-corrected chi connectivity index (χ0v) is 5.67. The van der Waals surface area contributed by atoms with Crippen molar-refractivity contribution in [3.63, 3.8) is 0 Å². The van der Waals surface area contributed by atoms with Gasteiger partial charge in [0.2, 0.25) is 0 Å². The van der Waals surface area contributed by atoms with Crippen molar-refractivity contribution >= 4 is 7.85 Å². The molecule has 1 heterocycles. The van der Waals surface area contributed by atoms with Gasteiger partial charge in [-0.3, -0.25) is 4.98 Å². The summed E-state index contributed by atoms with van der Waals surface area (Å²) in [6, 6.07) is 6.03. The summed E-state index contributed by atoms with van der Waals surface area (Å²) in [5.41, 5.74) is 1.19. The Labute approximate surface area is 56.5 Å². The Morgan fingerprint density at radius 1 is 1.44 bits per heavy atom. The van der Waals surface area contributed by atoms with Crippen molar-refractivity contribution < 1.29 is 0 Å². The standard InChI is InChI=1S/C7H10BN/c8-5-4-7-3-1-2-6-9-7/h1-3,6H,4-5,8H2. The second-order valence-corrected chi connectivity index (χ2v) is 2.07. The summed E-state index contributed by atoms with van der Waals surface area (Å²) in [6.07, 6.45) is 4.11. The Morgan fingerprint density at radius 3 is 2.89 bits per heavy atom. The third-order valence-electron chi connectivity index (χ3n) is 1.23. The lowest BCUT2D eigenvalue weighted by Gasteiger charge is -1.92. The number of pyridine rings is 1. The van der Waals surface area contributed by atoms with E-state index in [1.165, 1.54) is 12.0 Å². The topological polar surface area (TPSA) is 12.9 Å². The van der Waals surface area contributed by atoms with Crippen LogP contribution in [0.25, 0.3) is 0 Å². The van der Waals surface area contributed by atoms with Gasteiger partial charge in [0, 0.05) is 11.9 Å². The zero-order chi connectivity index (χ0) is 6.53. The first-order chi connectivity index (χ1) is 4.43. The highest BCUT2D eigenvalue weighted by molar-refractivity contribution is 6.08. The molecule has 0 aliphatic carbocycles. The highest BCUT2D eigenvalue weighted by Crippen LogP contribution is 1.95. The first-order valence-corrected chi connectivity index (χ1v) is 3.33. The fourth-order valence-electron chi connectivity index (χ4n) is 0.802. The van der Waals surface area contributed by atoms with E-state index >= 15 is 0 Å². The van der Waals surface area contributed by atoms with Gasteiger partial charge in [0.25, 0.3) is 0 Å². The molecule has 0 fully saturated rings. The average Bonchev–Trinajstić information content (AvgIpc) is 1.91. The molecule has 0 aromatic carbocycles. The molecule has 0 aliphatic heterocycles. The molecule has 0 radical (unpaired) electrons. The molecule has 2 heteroatoms. The van der Waals surface area contributed by atoms with Crippen molar-refractivity contribution in [3.8, 4) is 0 Å². The molecule has 0 N–H and O–H groups in total. The molecule has 0 saturated carbocycles. The van der Waals surface area contributed by atoms with E-state index in [-0.39, 0.29) is 0 Å². The predicted octanol–water partition coefficient (Wildman–Crippen LogP) is 0.675. The smallest absolute Gasteiger partial charge is 0.101 e. The molecule has 0 bridgehead atoms. The SMILES string of the molecule is BCCc1ccccn1. The summed E-state index contributed by atoms with van der Waals surface area (Å²) in [5.74, 6) is 0. The second-order valence-electron chi connectivity index (χ2n) is 2.07. The summed E-state index contributed by atoms with van der Waals surface area (Å²) in [7, 11) is 2.16. The minimum absolute atomic E-state index is 1.10. The third kappa shape index (κ3) is 1.88. The van der Waals surface area contributed by atoms with Crippen LogP contribution in [0.5, 0.6) is 0 Å². The van der Waals surface area contributed by atoms with E-state index in [9.17, 15) is 0 Å². The van der Waals surface area contributed by atoms with Crippen LogP contribution < -0.4 is 0 Å². The van der Waals surface area contributed by atoms with Crippen LogP contribution in [0.15, 0.2) is 24.4 Å². The van der Waals surface area contributed by atoms with E-state index in [2.05, 4.69) is 18.9 Å². The normalized spacial score (nSPS) is 9.33. The van der Waals surface area contributed by atoms with Gasteiger partial charge in [-0.25, -0.2) is 0 Å². The second kappa shape index (κ2) is 3.28. The van der Waals surface area contributed by atoms with Gasteiger partial charge in [-0.1, -0.05) is 12.4 Å². The highest BCUT2D eigenvalue weighted by atomic mass is 14.7. The Hall–Kier alpha value is -0.785. The lowest BCUT2D eigenvalue weighted by Crippen LogP contribution is -1.86. The molecule has 1 nitrogen and oxygen atoms in total. The van der Waals surface area contributed by atoms with Gasteiger partial charge in [0.15, 0.2) is 0 Å².